The van der Waals surface area contributed by atoms with Gasteiger partial charge in [0.15, 0.2) is 12.4 Å². The number of benzene rings is 2. The molecule has 1 saturated heterocycles. The van der Waals surface area contributed by atoms with Gasteiger partial charge in [-0.2, -0.15) is 0 Å². The zero-order valence-electron chi connectivity index (χ0n) is 15.9. The molecule has 2 aromatic carbocycles. The van der Waals surface area contributed by atoms with E-state index in [-0.39, 0.29) is 36.0 Å². The number of ketones is 1. The van der Waals surface area contributed by atoms with Gasteiger partial charge in [-0.25, -0.2) is 4.90 Å². The van der Waals surface area contributed by atoms with Crippen LogP contribution in [0.5, 0.6) is 5.75 Å². The second-order valence-corrected chi connectivity index (χ2v) is 7.58. The van der Waals surface area contributed by atoms with E-state index in [9.17, 15) is 14.4 Å². The SMILES string of the molecule is Cc1ccc(C(=O)COc2cccc(N3C(=O)C4CCCCC4C3=O)c2)cc1. The number of nitrogens with zero attached hydrogens (tertiary/aromatic N) is 1. The summed E-state index contributed by atoms with van der Waals surface area (Å²) >= 11 is 0. The zero-order chi connectivity index (χ0) is 19.7. The van der Waals surface area contributed by atoms with Gasteiger partial charge < -0.3 is 4.74 Å². The van der Waals surface area contributed by atoms with Crippen LogP contribution in [-0.2, 0) is 9.59 Å². The Morgan fingerprint density at radius 1 is 1.00 bits per heavy atom. The summed E-state index contributed by atoms with van der Waals surface area (Å²) in [4.78, 5) is 39.1. The van der Waals surface area contributed by atoms with Crippen molar-refractivity contribution in [1.82, 2.24) is 0 Å². The van der Waals surface area contributed by atoms with Gasteiger partial charge in [0, 0.05) is 11.6 Å². The molecule has 4 rings (SSSR count). The number of rotatable bonds is 5. The number of hydrogen-bond donors (Lipinski definition) is 0. The van der Waals surface area contributed by atoms with E-state index in [1.807, 2.05) is 19.1 Å². The molecule has 0 radical (unpaired) electrons. The minimum atomic E-state index is -0.186. The van der Waals surface area contributed by atoms with Gasteiger partial charge in [0.2, 0.25) is 11.8 Å². The largest absolute Gasteiger partial charge is 0.485 e. The summed E-state index contributed by atoms with van der Waals surface area (Å²) < 4.78 is 5.64. The number of anilines is 1. The number of imide groups is 1. The second kappa shape index (κ2) is 7.58. The van der Waals surface area contributed by atoms with Gasteiger partial charge in [-0.1, -0.05) is 48.7 Å². The molecule has 2 aromatic rings. The third-order valence-corrected chi connectivity index (χ3v) is 5.66. The van der Waals surface area contributed by atoms with Crippen LogP contribution in [0.4, 0.5) is 5.69 Å². The van der Waals surface area contributed by atoms with Gasteiger partial charge in [-0.05, 0) is 31.9 Å². The molecule has 1 heterocycles. The van der Waals surface area contributed by atoms with Gasteiger partial charge in [0.25, 0.3) is 0 Å². The number of carbonyl (C=O) groups is 3. The lowest BCUT2D eigenvalue weighted by Crippen LogP contribution is -2.30. The molecule has 2 aliphatic rings. The van der Waals surface area contributed by atoms with E-state index in [1.54, 1.807) is 36.4 Å². The highest BCUT2D eigenvalue weighted by Gasteiger charge is 2.48. The van der Waals surface area contributed by atoms with Crippen molar-refractivity contribution in [2.24, 2.45) is 11.8 Å². The Morgan fingerprint density at radius 2 is 1.64 bits per heavy atom. The fraction of sp³-hybridized carbons (Fsp3) is 0.348. The monoisotopic (exact) mass is 377 g/mol. The first-order chi connectivity index (χ1) is 13.5. The van der Waals surface area contributed by atoms with E-state index < -0.39 is 0 Å². The van der Waals surface area contributed by atoms with Crippen LogP contribution in [0.2, 0.25) is 0 Å². The van der Waals surface area contributed by atoms with Crippen LogP contribution < -0.4 is 9.64 Å². The lowest BCUT2D eigenvalue weighted by Gasteiger charge is -2.19. The average Bonchev–Trinajstić information content (AvgIpc) is 2.98. The Balaban J connectivity index is 1.47. The van der Waals surface area contributed by atoms with Crippen molar-refractivity contribution in [2.45, 2.75) is 32.6 Å². The minimum Gasteiger partial charge on any atom is -0.485 e. The predicted molar refractivity (Wildman–Crippen MR) is 105 cm³/mol. The third-order valence-electron chi connectivity index (χ3n) is 5.66. The first kappa shape index (κ1) is 18.4. The van der Waals surface area contributed by atoms with E-state index in [1.165, 1.54) is 4.90 Å². The van der Waals surface area contributed by atoms with Crippen LogP contribution in [0.1, 0.15) is 41.6 Å². The third kappa shape index (κ3) is 3.44. The van der Waals surface area contributed by atoms with Gasteiger partial charge in [-0.15, -0.1) is 0 Å². The summed E-state index contributed by atoms with van der Waals surface area (Å²) in [6.45, 7) is 1.87. The van der Waals surface area contributed by atoms with Crippen LogP contribution in [0.25, 0.3) is 0 Å². The van der Waals surface area contributed by atoms with Crippen molar-refractivity contribution in [2.75, 3.05) is 11.5 Å². The summed E-state index contributed by atoms with van der Waals surface area (Å²) in [5, 5.41) is 0. The van der Waals surface area contributed by atoms with E-state index in [0.717, 1.165) is 31.2 Å². The molecular weight excluding hydrogens is 354 g/mol. The van der Waals surface area contributed by atoms with Crippen molar-refractivity contribution in [3.05, 3.63) is 59.7 Å². The maximum absolute atomic E-state index is 12.8. The molecule has 2 fully saturated rings. The number of hydrogen-bond acceptors (Lipinski definition) is 4. The molecule has 0 N–H and O–H groups in total. The lowest BCUT2D eigenvalue weighted by atomic mass is 9.81. The summed E-state index contributed by atoms with van der Waals surface area (Å²) in [6.07, 6.45) is 3.57. The molecule has 144 valence electrons. The normalized spacial score (nSPS) is 21.5. The molecule has 1 aliphatic heterocycles. The Morgan fingerprint density at radius 3 is 2.29 bits per heavy atom. The van der Waals surface area contributed by atoms with Crippen LogP contribution in [0.3, 0.4) is 0 Å². The van der Waals surface area contributed by atoms with Crippen molar-refractivity contribution >= 4 is 23.3 Å². The topological polar surface area (TPSA) is 63.7 Å². The molecular formula is C23H23NO4. The Hall–Kier alpha value is -2.95. The quantitative estimate of drug-likeness (QED) is 0.585. The molecule has 1 saturated carbocycles. The Bertz CT molecular complexity index is 894. The fourth-order valence-corrected chi connectivity index (χ4v) is 4.10. The molecule has 5 nitrogen and oxygen atoms in total. The first-order valence-electron chi connectivity index (χ1n) is 9.75. The molecule has 2 unspecified atom stereocenters. The summed E-state index contributed by atoms with van der Waals surface area (Å²) in [6, 6.07) is 14.2. The molecule has 1 aliphatic carbocycles. The van der Waals surface area contributed by atoms with Gasteiger partial charge in [0.05, 0.1) is 17.5 Å². The minimum absolute atomic E-state index is 0.0976. The maximum Gasteiger partial charge on any atom is 0.237 e. The highest BCUT2D eigenvalue weighted by molar-refractivity contribution is 6.22. The lowest BCUT2D eigenvalue weighted by molar-refractivity contribution is -0.122. The molecule has 2 amide bonds. The van der Waals surface area contributed by atoms with E-state index in [0.29, 0.717) is 17.0 Å². The Labute approximate surface area is 164 Å². The maximum atomic E-state index is 12.8. The smallest absolute Gasteiger partial charge is 0.237 e. The van der Waals surface area contributed by atoms with Gasteiger partial charge in [0.1, 0.15) is 5.75 Å². The summed E-state index contributed by atoms with van der Waals surface area (Å²) in [5.74, 6) is -0.244. The van der Waals surface area contributed by atoms with Crippen LogP contribution in [0, 0.1) is 18.8 Å². The van der Waals surface area contributed by atoms with Gasteiger partial charge >= 0.3 is 0 Å². The summed E-state index contributed by atoms with van der Waals surface area (Å²) in [5.41, 5.74) is 2.20. The standard InChI is InChI=1S/C23H23NO4/c1-15-9-11-16(12-10-15)21(25)14-28-18-6-4-5-17(13-18)24-22(26)19-7-2-3-8-20(19)23(24)27/h4-6,9-13,19-20H,2-3,7-8,14H2,1H3. The second-order valence-electron chi connectivity index (χ2n) is 7.58. The number of aryl methyl sites for hydroxylation is 1. The van der Waals surface area contributed by atoms with Crippen LogP contribution >= 0.6 is 0 Å². The predicted octanol–water partition coefficient (Wildman–Crippen LogP) is 3.94. The summed E-state index contributed by atoms with van der Waals surface area (Å²) in [7, 11) is 0. The zero-order valence-corrected chi connectivity index (χ0v) is 15.9. The molecule has 0 aromatic heterocycles. The van der Waals surface area contributed by atoms with Crippen molar-refractivity contribution in [3.8, 4) is 5.75 Å². The van der Waals surface area contributed by atoms with Crippen molar-refractivity contribution < 1.29 is 19.1 Å². The van der Waals surface area contributed by atoms with Gasteiger partial charge in [-0.3, -0.25) is 14.4 Å². The molecule has 0 spiro atoms. The molecule has 28 heavy (non-hydrogen) atoms. The number of carbonyl (C=O) groups excluding carboxylic acids is 3. The number of ether oxygens (including phenoxy) is 1. The molecule has 5 heteroatoms. The Kier molecular flexibility index (Phi) is 4.99. The van der Waals surface area contributed by atoms with Crippen molar-refractivity contribution in [1.29, 1.82) is 0 Å². The number of amides is 2. The fourth-order valence-electron chi connectivity index (χ4n) is 4.10. The van der Waals surface area contributed by atoms with Crippen LogP contribution in [0.15, 0.2) is 48.5 Å². The van der Waals surface area contributed by atoms with E-state index >= 15 is 0 Å². The highest BCUT2D eigenvalue weighted by atomic mass is 16.5. The highest BCUT2D eigenvalue weighted by Crippen LogP contribution is 2.40. The first-order valence-corrected chi connectivity index (χ1v) is 9.75. The van der Waals surface area contributed by atoms with E-state index in [2.05, 4.69) is 0 Å². The number of Topliss-reactive ketones (excluding diaryl/α,β-unsaturated/α-hetero) is 1. The number of fused-ring (bicyclic) bond motifs is 1. The average molecular weight is 377 g/mol. The van der Waals surface area contributed by atoms with Crippen molar-refractivity contribution in [3.63, 3.8) is 0 Å². The molecule has 2 atom stereocenters. The van der Waals surface area contributed by atoms with E-state index in [4.69, 9.17) is 4.74 Å². The van der Waals surface area contributed by atoms with Crippen LogP contribution in [-0.4, -0.2) is 24.2 Å². The molecule has 0 bridgehead atoms.